The maximum absolute atomic E-state index is 12.9. The van der Waals surface area contributed by atoms with E-state index in [2.05, 4.69) is 10.3 Å². The van der Waals surface area contributed by atoms with Gasteiger partial charge in [0, 0.05) is 17.8 Å². The molecule has 1 heterocycles. The van der Waals surface area contributed by atoms with Gasteiger partial charge < -0.3 is 5.32 Å². The zero-order valence-corrected chi connectivity index (χ0v) is 15.5. The third kappa shape index (κ3) is 5.25. The molecule has 3 aromatic rings. The zero-order valence-electron chi connectivity index (χ0n) is 14.7. The SMILES string of the molecule is CC(NC(=O)/C=C/c1ccc(F)cc1)c1cccc(-c2ccc(Cl)nc2)c1. The van der Waals surface area contributed by atoms with Crippen molar-refractivity contribution < 1.29 is 9.18 Å². The average molecular weight is 381 g/mol. The lowest BCUT2D eigenvalue weighted by atomic mass is 10.0. The Morgan fingerprint density at radius 1 is 1.11 bits per heavy atom. The van der Waals surface area contributed by atoms with Crippen LogP contribution in [0.3, 0.4) is 0 Å². The molecule has 1 aromatic heterocycles. The van der Waals surface area contributed by atoms with Gasteiger partial charge >= 0.3 is 0 Å². The first-order chi connectivity index (χ1) is 13.0. The van der Waals surface area contributed by atoms with Crippen LogP contribution < -0.4 is 5.32 Å². The molecule has 1 N–H and O–H groups in total. The predicted molar refractivity (Wildman–Crippen MR) is 107 cm³/mol. The molecule has 3 nitrogen and oxygen atoms in total. The Morgan fingerprint density at radius 2 is 1.89 bits per heavy atom. The summed E-state index contributed by atoms with van der Waals surface area (Å²) in [5, 5.41) is 3.38. The van der Waals surface area contributed by atoms with Gasteiger partial charge in [0.2, 0.25) is 5.91 Å². The number of rotatable bonds is 5. The summed E-state index contributed by atoms with van der Waals surface area (Å²) in [6.45, 7) is 1.92. The quantitative estimate of drug-likeness (QED) is 0.473. The highest BCUT2D eigenvalue weighted by Gasteiger charge is 2.09. The summed E-state index contributed by atoms with van der Waals surface area (Å²) in [5.41, 5.74) is 3.69. The molecule has 0 aliphatic carbocycles. The lowest BCUT2D eigenvalue weighted by molar-refractivity contribution is -0.117. The Hall–Kier alpha value is -2.98. The van der Waals surface area contributed by atoms with Crippen LogP contribution in [0.25, 0.3) is 17.2 Å². The third-order valence-corrected chi connectivity index (χ3v) is 4.33. The van der Waals surface area contributed by atoms with E-state index in [1.165, 1.54) is 18.2 Å². The van der Waals surface area contributed by atoms with E-state index in [0.29, 0.717) is 5.15 Å². The number of nitrogens with one attached hydrogen (secondary N) is 1. The van der Waals surface area contributed by atoms with Gasteiger partial charge in [-0.25, -0.2) is 9.37 Å². The van der Waals surface area contributed by atoms with Crippen LogP contribution in [-0.2, 0) is 4.79 Å². The first kappa shape index (κ1) is 18.8. The maximum atomic E-state index is 12.9. The molecule has 0 radical (unpaired) electrons. The highest BCUT2D eigenvalue weighted by molar-refractivity contribution is 6.29. The molecule has 0 aliphatic heterocycles. The lowest BCUT2D eigenvalue weighted by Crippen LogP contribution is -2.24. The van der Waals surface area contributed by atoms with Crippen molar-refractivity contribution >= 4 is 23.6 Å². The Balaban J connectivity index is 1.67. The molecule has 1 amide bonds. The Bertz CT molecular complexity index is 953. The summed E-state index contributed by atoms with van der Waals surface area (Å²) >= 11 is 5.84. The minimum Gasteiger partial charge on any atom is -0.346 e. The fourth-order valence-electron chi connectivity index (χ4n) is 2.62. The van der Waals surface area contributed by atoms with Gasteiger partial charge in [0.1, 0.15) is 11.0 Å². The minimum absolute atomic E-state index is 0.171. The number of pyridine rings is 1. The Morgan fingerprint density at radius 3 is 2.59 bits per heavy atom. The molecule has 1 unspecified atom stereocenters. The summed E-state index contributed by atoms with van der Waals surface area (Å²) in [5.74, 6) is -0.522. The molecule has 0 saturated heterocycles. The van der Waals surface area contributed by atoms with E-state index >= 15 is 0 Å². The summed E-state index contributed by atoms with van der Waals surface area (Å²) in [7, 11) is 0. The van der Waals surface area contributed by atoms with Gasteiger partial charge in [0.15, 0.2) is 0 Å². The number of amides is 1. The van der Waals surface area contributed by atoms with Crippen molar-refractivity contribution in [1.82, 2.24) is 10.3 Å². The summed E-state index contributed by atoms with van der Waals surface area (Å²) < 4.78 is 12.9. The number of hydrogen-bond acceptors (Lipinski definition) is 2. The molecule has 0 aliphatic rings. The smallest absolute Gasteiger partial charge is 0.244 e. The number of halogens is 2. The first-order valence-electron chi connectivity index (χ1n) is 8.47. The molecule has 0 bridgehead atoms. The van der Waals surface area contributed by atoms with E-state index in [9.17, 15) is 9.18 Å². The molecular weight excluding hydrogens is 363 g/mol. The average Bonchev–Trinajstić information content (AvgIpc) is 2.68. The molecule has 27 heavy (non-hydrogen) atoms. The molecule has 5 heteroatoms. The molecule has 0 spiro atoms. The van der Waals surface area contributed by atoms with Crippen molar-refractivity contribution in [2.24, 2.45) is 0 Å². The Kier molecular flexibility index (Phi) is 5.99. The van der Waals surface area contributed by atoms with E-state index in [-0.39, 0.29) is 17.8 Å². The maximum Gasteiger partial charge on any atom is 0.244 e. The van der Waals surface area contributed by atoms with Gasteiger partial charge in [0.05, 0.1) is 6.04 Å². The fourth-order valence-corrected chi connectivity index (χ4v) is 2.74. The van der Waals surface area contributed by atoms with Crippen LogP contribution in [0.1, 0.15) is 24.1 Å². The van der Waals surface area contributed by atoms with Crippen LogP contribution in [0, 0.1) is 5.82 Å². The second-order valence-electron chi connectivity index (χ2n) is 6.11. The van der Waals surface area contributed by atoms with Crippen LogP contribution in [-0.4, -0.2) is 10.9 Å². The number of carbonyl (C=O) groups excluding carboxylic acids is 1. The molecular formula is C22H18ClFN2O. The van der Waals surface area contributed by atoms with Crippen molar-refractivity contribution in [3.63, 3.8) is 0 Å². The van der Waals surface area contributed by atoms with Gasteiger partial charge in [-0.2, -0.15) is 0 Å². The minimum atomic E-state index is -0.305. The molecule has 1 atom stereocenters. The number of benzene rings is 2. The second-order valence-corrected chi connectivity index (χ2v) is 6.50. The third-order valence-electron chi connectivity index (χ3n) is 4.10. The number of nitrogens with zero attached hydrogens (tertiary/aromatic N) is 1. The van der Waals surface area contributed by atoms with Crippen molar-refractivity contribution in [1.29, 1.82) is 0 Å². The molecule has 3 rings (SSSR count). The van der Waals surface area contributed by atoms with Crippen LogP contribution in [0.2, 0.25) is 5.15 Å². The zero-order chi connectivity index (χ0) is 19.2. The van der Waals surface area contributed by atoms with E-state index in [1.807, 2.05) is 37.3 Å². The normalized spacial score (nSPS) is 12.1. The van der Waals surface area contributed by atoms with Gasteiger partial charge in [0.25, 0.3) is 0 Å². The van der Waals surface area contributed by atoms with Crippen molar-refractivity contribution in [3.05, 3.63) is 95.0 Å². The van der Waals surface area contributed by atoms with Crippen LogP contribution >= 0.6 is 11.6 Å². The van der Waals surface area contributed by atoms with Crippen molar-refractivity contribution in [2.45, 2.75) is 13.0 Å². The second kappa shape index (κ2) is 8.60. The van der Waals surface area contributed by atoms with E-state index in [0.717, 1.165) is 22.3 Å². The van der Waals surface area contributed by atoms with Crippen molar-refractivity contribution in [2.75, 3.05) is 0 Å². The van der Waals surface area contributed by atoms with E-state index in [1.54, 1.807) is 30.5 Å². The summed E-state index contributed by atoms with van der Waals surface area (Å²) in [6.07, 6.45) is 4.81. The number of carbonyl (C=O) groups is 1. The summed E-state index contributed by atoms with van der Waals surface area (Å²) in [4.78, 5) is 16.3. The van der Waals surface area contributed by atoms with E-state index in [4.69, 9.17) is 11.6 Å². The highest BCUT2D eigenvalue weighted by Crippen LogP contribution is 2.23. The number of aromatic nitrogens is 1. The van der Waals surface area contributed by atoms with Gasteiger partial charge in [-0.15, -0.1) is 0 Å². The lowest BCUT2D eigenvalue weighted by Gasteiger charge is -2.14. The number of hydrogen-bond donors (Lipinski definition) is 1. The van der Waals surface area contributed by atoms with Crippen LogP contribution in [0.15, 0.2) is 72.9 Å². The predicted octanol–water partition coefficient (Wildman–Crippen LogP) is 5.43. The fraction of sp³-hybridized carbons (Fsp3) is 0.0909. The topological polar surface area (TPSA) is 42.0 Å². The highest BCUT2D eigenvalue weighted by atomic mass is 35.5. The molecule has 0 fully saturated rings. The molecule has 0 saturated carbocycles. The first-order valence-corrected chi connectivity index (χ1v) is 8.85. The molecule has 2 aromatic carbocycles. The van der Waals surface area contributed by atoms with Gasteiger partial charge in [-0.05, 0) is 60.0 Å². The standard InChI is InChI=1S/C22H18ClFN2O/c1-15(26-22(27)12-7-16-5-9-20(24)10-6-16)17-3-2-4-18(13-17)19-8-11-21(23)25-14-19/h2-15H,1H3,(H,26,27)/b12-7+. The Labute approximate surface area is 162 Å². The largest absolute Gasteiger partial charge is 0.346 e. The van der Waals surface area contributed by atoms with E-state index < -0.39 is 0 Å². The summed E-state index contributed by atoms with van der Waals surface area (Å²) in [6, 6.07) is 17.3. The van der Waals surface area contributed by atoms with Crippen LogP contribution in [0.4, 0.5) is 4.39 Å². The molecule has 136 valence electrons. The van der Waals surface area contributed by atoms with Gasteiger partial charge in [-0.1, -0.05) is 41.9 Å². The monoisotopic (exact) mass is 380 g/mol. The van der Waals surface area contributed by atoms with Crippen molar-refractivity contribution in [3.8, 4) is 11.1 Å². The van der Waals surface area contributed by atoms with Crippen LogP contribution in [0.5, 0.6) is 0 Å². The van der Waals surface area contributed by atoms with Gasteiger partial charge in [-0.3, -0.25) is 4.79 Å².